The van der Waals surface area contributed by atoms with Crippen molar-refractivity contribution in [3.8, 4) is 0 Å². The van der Waals surface area contributed by atoms with E-state index in [1.165, 1.54) is 13.2 Å². The van der Waals surface area contributed by atoms with Crippen LogP contribution in [0.2, 0.25) is 0 Å². The Hall–Kier alpha value is -1.09. The Bertz CT molecular complexity index is 302. The quantitative estimate of drug-likeness (QED) is 0.406. The maximum absolute atomic E-state index is 11.2. The Balaban J connectivity index is 2.82. The molecule has 1 fully saturated rings. The molecule has 84 valence electrons. The van der Waals surface area contributed by atoms with Crippen LogP contribution in [-0.4, -0.2) is 25.3 Å². The van der Waals surface area contributed by atoms with Crippen LogP contribution in [0, 0.1) is 5.92 Å². The van der Waals surface area contributed by atoms with Gasteiger partial charge in [0, 0.05) is 6.08 Å². The summed E-state index contributed by atoms with van der Waals surface area (Å²) in [6, 6.07) is 0. The van der Waals surface area contributed by atoms with Crippen LogP contribution >= 0.6 is 0 Å². The molecule has 0 aromatic rings. The number of carbonyl (C=O) groups is 1. The lowest BCUT2D eigenvalue weighted by atomic mass is 9.86. The summed E-state index contributed by atoms with van der Waals surface area (Å²) in [5, 5.41) is 0. The van der Waals surface area contributed by atoms with Gasteiger partial charge < -0.3 is 9.47 Å². The minimum Gasteiger partial charge on any atom is -0.466 e. The van der Waals surface area contributed by atoms with E-state index in [9.17, 15) is 4.79 Å². The highest BCUT2D eigenvalue weighted by molar-refractivity contribution is 5.83. The molecule has 15 heavy (non-hydrogen) atoms. The summed E-state index contributed by atoms with van der Waals surface area (Å²) in [6.45, 7) is 9.85. The fraction of sp³-hybridized carbons (Fsp3) is 0.583. The molecule has 0 unspecified atom stereocenters. The highest BCUT2D eigenvalue weighted by Gasteiger charge is 2.39. The molecule has 0 bridgehead atoms. The first-order valence-electron chi connectivity index (χ1n) is 5.07. The van der Waals surface area contributed by atoms with Crippen molar-refractivity contribution in [2.45, 2.75) is 33.0 Å². The zero-order valence-corrected chi connectivity index (χ0v) is 9.74. The van der Waals surface area contributed by atoms with Crippen LogP contribution in [0.3, 0.4) is 0 Å². The van der Waals surface area contributed by atoms with Gasteiger partial charge >= 0.3 is 5.97 Å². The predicted molar refractivity (Wildman–Crippen MR) is 58.4 cm³/mol. The van der Waals surface area contributed by atoms with Crippen LogP contribution < -0.4 is 0 Å². The van der Waals surface area contributed by atoms with E-state index in [1.807, 2.05) is 6.92 Å². The minimum atomic E-state index is -0.329. The van der Waals surface area contributed by atoms with Crippen molar-refractivity contribution < 1.29 is 14.3 Å². The number of esters is 1. The molecule has 1 aliphatic heterocycles. The Labute approximate surface area is 90.8 Å². The Morgan fingerprint density at radius 3 is 2.60 bits per heavy atom. The van der Waals surface area contributed by atoms with Gasteiger partial charge in [-0.2, -0.15) is 0 Å². The molecule has 1 rings (SSSR count). The molecule has 0 spiro atoms. The Morgan fingerprint density at radius 2 is 2.20 bits per heavy atom. The van der Waals surface area contributed by atoms with Crippen LogP contribution in [-0.2, 0) is 14.3 Å². The largest absolute Gasteiger partial charge is 0.466 e. The van der Waals surface area contributed by atoms with Gasteiger partial charge in [-0.25, -0.2) is 4.79 Å². The van der Waals surface area contributed by atoms with Crippen LogP contribution in [0.4, 0.5) is 0 Å². The van der Waals surface area contributed by atoms with Gasteiger partial charge in [-0.1, -0.05) is 20.4 Å². The predicted octanol–water partition coefficient (Wildman–Crippen LogP) is 2.09. The first-order chi connectivity index (χ1) is 6.97. The van der Waals surface area contributed by atoms with Crippen LogP contribution in [0.1, 0.15) is 20.8 Å². The fourth-order valence-electron chi connectivity index (χ4n) is 1.68. The van der Waals surface area contributed by atoms with E-state index in [4.69, 9.17) is 4.74 Å². The zero-order valence-electron chi connectivity index (χ0n) is 9.74. The van der Waals surface area contributed by atoms with Gasteiger partial charge in [0.05, 0.1) is 13.2 Å². The molecule has 3 heteroatoms. The van der Waals surface area contributed by atoms with E-state index in [-0.39, 0.29) is 18.2 Å². The number of rotatable bonds is 3. The molecule has 0 aliphatic carbocycles. The van der Waals surface area contributed by atoms with Gasteiger partial charge in [0.1, 0.15) is 6.10 Å². The lowest BCUT2D eigenvalue weighted by Crippen LogP contribution is -2.45. The molecule has 1 heterocycles. The van der Waals surface area contributed by atoms with Gasteiger partial charge in [-0.15, -0.1) is 0 Å². The highest BCUT2D eigenvalue weighted by Crippen LogP contribution is 2.36. The Morgan fingerprint density at radius 1 is 1.60 bits per heavy atom. The molecule has 0 radical (unpaired) electrons. The monoisotopic (exact) mass is 210 g/mol. The van der Waals surface area contributed by atoms with E-state index >= 15 is 0 Å². The van der Waals surface area contributed by atoms with Gasteiger partial charge in [-0.05, 0) is 24.0 Å². The van der Waals surface area contributed by atoms with Crippen molar-refractivity contribution in [2.75, 3.05) is 7.11 Å². The molecule has 0 saturated carbocycles. The molecule has 0 N–H and O–H groups in total. The third-order valence-electron chi connectivity index (χ3n) is 2.45. The maximum Gasteiger partial charge on any atom is 0.330 e. The first-order valence-corrected chi connectivity index (χ1v) is 5.07. The number of hydrogen-bond donors (Lipinski definition) is 0. The van der Waals surface area contributed by atoms with Crippen LogP contribution in [0.5, 0.6) is 0 Å². The average molecular weight is 210 g/mol. The van der Waals surface area contributed by atoms with Crippen molar-refractivity contribution >= 4 is 5.97 Å². The van der Waals surface area contributed by atoms with E-state index in [1.54, 1.807) is 0 Å². The second-order valence-corrected chi connectivity index (χ2v) is 4.19. The zero-order chi connectivity index (χ0) is 11.6. The van der Waals surface area contributed by atoms with Crippen molar-refractivity contribution in [3.05, 3.63) is 23.8 Å². The summed E-state index contributed by atoms with van der Waals surface area (Å²) in [7, 11) is 1.37. The summed E-state index contributed by atoms with van der Waals surface area (Å²) < 4.78 is 10.3. The molecule has 2 atom stereocenters. The normalized spacial score (nSPS) is 27.7. The third-order valence-corrected chi connectivity index (χ3v) is 2.45. The van der Waals surface area contributed by atoms with Crippen LogP contribution in [0.25, 0.3) is 0 Å². The Kier molecular flexibility index (Phi) is 3.69. The van der Waals surface area contributed by atoms with Gasteiger partial charge in [-0.3, -0.25) is 0 Å². The van der Waals surface area contributed by atoms with Gasteiger partial charge in [0.15, 0.2) is 0 Å². The molecule has 0 aromatic carbocycles. The standard InChI is InChI=1S/C12H18O3/c1-7(2)11-9(6-10(13)14-5)12(15-11)8(3)4/h6,8,11-12H,1H2,2-5H3/b9-6+/t11-,12-/m1/s1. The molecule has 0 aromatic heterocycles. The number of hydrogen-bond acceptors (Lipinski definition) is 3. The van der Waals surface area contributed by atoms with Crippen molar-refractivity contribution in [3.63, 3.8) is 0 Å². The van der Waals surface area contributed by atoms with E-state index in [0.29, 0.717) is 5.92 Å². The summed E-state index contributed by atoms with van der Waals surface area (Å²) in [6.07, 6.45) is 1.43. The molecule has 3 nitrogen and oxygen atoms in total. The molecule has 1 aliphatic rings. The van der Waals surface area contributed by atoms with E-state index < -0.39 is 0 Å². The highest BCUT2D eigenvalue weighted by atomic mass is 16.5. The maximum atomic E-state index is 11.2. The summed E-state index contributed by atoms with van der Waals surface area (Å²) >= 11 is 0. The molecular formula is C12H18O3. The summed E-state index contributed by atoms with van der Waals surface area (Å²) in [4.78, 5) is 11.2. The van der Waals surface area contributed by atoms with Gasteiger partial charge in [0.25, 0.3) is 0 Å². The molecular weight excluding hydrogens is 192 g/mol. The number of carbonyl (C=O) groups excluding carboxylic acids is 1. The van der Waals surface area contributed by atoms with Crippen molar-refractivity contribution in [1.29, 1.82) is 0 Å². The van der Waals surface area contributed by atoms with Gasteiger partial charge in [0.2, 0.25) is 0 Å². The summed E-state index contributed by atoms with van der Waals surface area (Å²) in [5.74, 6) is 0.0294. The van der Waals surface area contributed by atoms with Crippen LogP contribution in [0.15, 0.2) is 23.8 Å². The van der Waals surface area contributed by atoms with E-state index in [0.717, 1.165) is 11.1 Å². The third kappa shape index (κ3) is 2.48. The average Bonchev–Trinajstić information content (AvgIpc) is 2.10. The fourth-order valence-corrected chi connectivity index (χ4v) is 1.68. The van der Waals surface area contributed by atoms with Crippen molar-refractivity contribution in [2.24, 2.45) is 5.92 Å². The molecule has 0 amide bonds. The lowest BCUT2D eigenvalue weighted by Gasteiger charge is -2.42. The second kappa shape index (κ2) is 4.62. The second-order valence-electron chi connectivity index (χ2n) is 4.19. The smallest absolute Gasteiger partial charge is 0.330 e. The van der Waals surface area contributed by atoms with Crippen molar-refractivity contribution in [1.82, 2.24) is 0 Å². The number of ether oxygens (including phenoxy) is 2. The SMILES string of the molecule is C=C(C)[C@H]1O[C@H](C(C)C)/C1=C/C(=O)OC. The summed E-state index contributed by atoms with van der Waals surface area (Å²) in [5.41, 5.74) is 1.89. The molecule has 1 saturated heterocycles. The topological polar surface area (TPSA) is 35.5 Å². The number of methoxy groups -OCH3 is 1. The first kappa shape index (κ1) is 12.0. The van der Waals surface area contributed by atoms with E-state index in [2.05, 4.69) is 25.2 Å². The minimum absolute atomic E-state index is 0.0193. The lowest BCUT2D eigenvalue weighted by molar-refractivity contribution is -0.135.